The lowest BCUT2D eigenvalue weighted by atomic mass is 9.84. The average molecular weight is 771 g/mol. The number of aromatic amines is 1. The molecular formula is C43H42N6O8. The molecule has 6 heterocycles. The summed E-state index contributed by atoms with van der Waals surface area (Å²) in [6.45, 7) is 8.82. The van der Waals surface area contributed by atoms with Crippen molar-refractivity contribution in [3.05, 3.63) is 121 Å². The van der Waals surface area contributed by atoms with Gasteiger partial charge < -0.3 is 39.2 Å². The number of benzene rings is 3. The van der Waals surface area contributed by atoms with Gasteiger partial charge in [0.15, 0.2) is 11.4 Å². The second kappa shape index (κ2) is 13.3. The van der Waals surface area contributed by atoms with Gasteiger partial charge in [0.2, 0.25) is 0 Å². The fraction of sp³-hybridized carbons (Fsp3) is 0.302. The van der Waals surface area contributed by atoms with Crippen molar-refractivity contribution >= 4 is 28.1 Å². The van der Waals surface area contributed by atoms with Crippen molar-refractivity contribution in [2.75, 3.05) is 11.9 Å². The van der Waals surface area contributed by atoms with Crippen LogP contribution in [0.2, 0.25) is 0 Å². The van der Waals surface area contributed by atoms with Crippen LogP contribution in [-0.2, 0) is 34.8 Å². The average Bonchev–Trinajstić information content (AvgIpc) is 3.90. The number of carbonyl (C=O) groups excluding carboxylic acids is 1. The Labute approximate surface area is 326 Å². The molecule has 0 saturated carbocycles. The van der Waals surface area contributed by atoms with Crippen molar-refractivity contribution in [2.24, 2.45) is 0 Å². The van der Waals surface area contributed by atoms with Crippen LogP contribution < -0.4 is 21.3 Å². The number of aliphatic hydroxyl groups is 1. The van der Waals surface area contributed by atoms with Crippen molar-refractivity contribution < 1.29 is 29.6 Å². The van der Waals surface area contributed by atoms with Crippen LogP contribution in [0, 0.1) is 0 Å². The van der Waals surface area contributed by atoms with Gasteiger partial charge >= 0.3 is 11.7 Å². The number of carbonyl (C=O) groups is 1. The third kappa shape index (κ3) is 5.57. The van der Waals surface area contributed by atoms with Gasteiger partial charge in [0.25, 0.3) is 5.56 Å². The van der Waals surface area contributed by atoms with Crippen LogP contribution in [0.3, 0.4) is 0 Å². The smallest absolute Gasteiger partial charge is 0.348 e. The Balaban J connectivity index is 0.944. The number of aromatic hydroxyl groups is 2. The molecule has 0 aliphatic carbocycles. The lowest BCUT2D eigenvalue weighted by Gasteiger charge is -2.32. The van der Waals surface area contributed by atoms with E-state index >= 15 is 0 Å². The number of H-pyrrole nitrogens is 1. The number of fused-ring (bicyclic) bond motifs is 6. The Morgan fingerprint density at radius 1 is 1.00 bits per heavy atom. The quantitative estimate of drug-likeness (QED) is 0.110. The number of phenols is 2. The van der Waals surface area contributed by atoms with E-state index in [2.05, 4.69) is 27.0 Å². The highest BCUT2D eigenvalue weighted by Crippen LogP contribution is 2.47. The van der Waals surface area contributed by atoms with Gasteiger partial charge in [-0.3, -0.25) is 4.79 Å². The fourth-order valence-electron chi connectivity index (χ4n) is 8.66. The third-order valence-corrected chi connectivity index (χ3v) is 11.7. The number of hydrogen-bond acceptors (Lipinski definition) is 10. The molecule has 292 valence electrons. The molecule has 0 bridgehead atoms. The van der Waals surface area contributed by atoms with Gasteiger partial charge in [-0.15, -0.1) is 0 Å². The SMILES string of the molecule is CCC1=C2Cn3c(cc4c(c3=O)COC(=O)C4(O)CC)C2Nc2ccc(OCCn3ccc4cc(-n5c(-c6cc(C(C)C)c(O)cc6O)n[nH]c5=O)ccc43)cc21. The van der Waals surface area contributed by atoms with Gasteiger partial charge in [-0.25, -0.2) is 19.3 Å². The minimum atomic E-state index is -1.86. The lowest BCUT2D eigenvalue weighted by molar-refractivity contribution is -0.172. The summed E-state index contributed by atoms with van der Waals surface area (Å²) in [5, 5.41) is 43.6. The zero-order valence-corrected chi connectivity index (χ0v) is 31.9. The number of esters is 1. The highest BCUT2D eigenvalue weighted by Gasteiger charge is 2.46. The van der Waals surface area contributed by atoms with E-state index in [1.165, 1.54) is 10.6 Å². The summed E-state index contributed by atoms with van der Waals surface area (Å²) in [6, 6.07) is 18.0. The number of pyridine rings is 1. The molecule has 0 spiro atoms. The summed E-state index contributed by atoms with van der Waals surface area (Å²) in [4.78, 5) is 39.4. The molecule has 9 rings (SSSR count). The number of rotatable bonds is 9. The topological polar surface area (TPSA) is 186 Å². The van der Waals surface area contributed by atoms with Crippen LogP contribution in [0.25, 0.3) is 33.6 Å². The molecule has 3 aromatic heterocycles. The normalized spacial score (nSPS) is 18.3. The van der Waals surface area contributed by atoms with Crippen molar-refractivity contribution in [1.29, 1.82) is 0 Å². The molecule has 3 aliphatic rings. The number of hydrogen-bond donors (Lipinski definition) is 5. The molecule has 2 unspecified atom stereocenters. The minimum Gasteiger partial charge on any atom is -0.508 e. The van der Waals surface area contributed by atoms with Crippen LogP contribution >= 0.6 is 0 Å². The van der Waals surface area contributed by atoms with E-state index in [0.29, 0.717) is 59.1 Å². The highest BCUT2D eigenvalue weighted by molar-refractivity contribution is 5.86. The van der Waals surface area contributed by atoms with E-state index in [9.17, 15) is 29.7 Å². The molecule has 14 heteroatoms. The molecule has 5 N–H and O–H groups in total. The highest BCUT2D eigenvalue weighted by atomic mass is 16.6. The predicted octanol–water partition coefficient (Wildman–Crippen LogP) is 5.96. The van der Waals surface area contributed by atoms with Gasteiger partial charge in [0.05, 0.1) is 29.4 Å². The van der Waals surface area contributed by atoms with Crippen molar-refractivity contribution in [1.82, 2.24) is 23.9 Å². The summed E-state index contributed by atoms with van der Waals surface area (Å²) < 4.78 is 16.7. The van der Waals surface area contributed by atoms with Crippen molar-refractivity contribution in [3.63, 3.8) is 0 Å². The maximum atomic E-state index is 13.7. The number of anilines is 1. The Morgan fingerprint density at radius 2 is 1.82 bits per heavy atom. The Hall–Kier alpha value is -6.54. The maximum Gasteiger partial charge on any atom is 0.348 e. The second-order valence-corrected chi connectivity index (χ2v) is 15.2. The second-order valence-electron chi connectivity index (χ2n) is 15.2. The first kappa shape index (κ1) is 36.1. The summed E-state index contributed by atoms with van der Waals surface area (Å²) in [5.41, 5.74) is 5.35. The molecule has 0 fully saturated rings. The molecule has 2 atom stereocenters. The number of nitrogens with zero attached hydrogens (tertiary/aromatic N) is 4. The van der Waals surface area contributed by atoms with Crippen LogP contribution in [0.5, 0.6) is 17.2 Å². The monoisotopic (exact) mass is 770 g/mol. The molecule has 6 aromatic rings. The van der Waals surface area contributed by atoms with Gasteiger partial charge in [0, 0.05) is 52.2 Å². The predicted molar refractivity (Wildman–Crippen MR) is 213 cm³/mol. The van der Waals surface area contributed by atoms with E-state index in [1.54, 1.807) is 23.6 Å². The standard InChI is InChI=1S/C43H42N6O8/c1-5-26-28-16-25(8-9-33(28)44-38-30(26)20-48-35(38)18-32-31(40(48)52)21-57-41(53)43(32,55)6-2)56-14-13-47-12-11-23-15-24(7-10-34(23)47)49-39(45-46-42(49)54)29-17-27(22(3)4)36(50)19-37(29)51/h7-12,15-19,22,38,44,50-51,55H,5-6,13-14,20-21H2,1-4H3,(H,46,54). The molecule has 0 saturated heterocycles. The lowest BCUT2D eigenvalue weighted by Crippen LogP contribution is -2.44. The summed E-state index contributed by atoms with van der Waals surface area (Å²) >= 11 is 0. The molecule has 14 nitrogen and oxygen atoms in total. The summed E-state index contributed by atoms with van der Waals surface area (Å²) in [5.74, 6) is -0.0281. The minimum absolute atomic E-state index is 0.0195. The zero-order chi connectivity index (χ0) is 39.9. The Morgan fingerprint density at radius 3 is 2.60 bits per heavy atom. The molecular weight excluding hydrogens is 729 g/mol. The van der Waals surface area contributed by atoms with E-state index in [0.717, 1.165) is 39.7 Å². The fourth-order valence-corrected chi connectivity index (χ4v) is 8.66. The van der Waals surface area contributed by atoms with Crippen molar-refractivity contribution in [2.45, 2.75) is 77.8 Å². The Bertz CT molecular complexity index is 2810. The number of nitrogens with one attached hydrogen (secondary N) is 2. The number of allylic oxidation sites excluding steroid dienone is 1. The molecule has 3 aromatic carbocycles. The third-order valence-electron chi connectivity index (χ3n) is 11.7. The molecule has 57 heavy (non-hydrogen) atoms. The van der Waals surface area contributed by atoms with Gasteiger partial charge in [-0.05, 0) is 90.1 Å². The molecule has 0 amide bonds. The van der Waals surface area contributed by atoms with Crippen LogP contribution in [0.15, 0.2) is 82.0 Å². The number of ether oxygens (including phenoxy) is 2. The van der Waals surface area contributed by atoms with Crippen LogP contribution in [0.1, 0.15) is 80.4 Å². The first-order valence-electron chi connectivity index (χ1n) is 19.2. The van der Waals surface area contributed by atoms with E-state index < -0.39 is 17.3 Å². The van der Waals surface area contributed by atoms with E-state index in [-0.39, 0.29) is 47.9 Å². The first-order valence-corrected chi connectivity index (χ1v) is 19.2. The largest absolute Gasteiger partial charge is 0.508 e. The van der Waals surface area contributed by atoms with Gasteiger partial charge in [-0.2, -0.15) is 5.10 Å². The van der Waals surface area contributed by atoms with E-state index in [1.807, 2.05) is 62.5 Å². The molecule has 3 aliphatic heterocycles. The van der Waals surface area contributed by atoms with Gasteiger partial charge in [0.1, 0.15) is 30.5 Å². The van der Waals surface area contributed by atoms with Crippen LogP contribution in [0.4, 0.5) is 5.69 Å². The van der Waals surface area contributed by atoms with E-state index in [4.69, 9.17) is 9.47 Å². The first-order chi connectivity index (χ1) is 27.4. The summed E-state index contributed by atoms with van der Waals surface area (Å²) in [7, 11) is 0. The van der Waals surface area contributed by atoms with Crippen molar-refractivity contribution in [3.8, 4) is 34.3 Å². The Kier molecular flexibility index (Phi) is 8.43. The van der Waals surface area contributed by atoms with Gasteiger partial charge in [-0.1, -0.05) is 27.7 Å². The van der Waals surface area contributed by atoms with Crippen LogP contribution in [-0.4, -0.2) is 51.8 Å². The summed E-state index contributed by atoms with van der Waals surface area (Å²) in [6.07, 6.45) is 2.79. The number of aromatic nitrogens is 5. The number of cyclic esters (lactones) is 1. The maximum absolute atomic E-state index is 13.7. The molecule has 0 radical (unpaired) electrons. The zero-order valence-electron chi connectivity index (χ0n) is 31.9. The number of phenolic OH excluding ortho intramolecular Hbond substituents is 2.